The van der Waals surface area contributed by atoms with Crippen molar-refractivity contribution in [2.24, 2.45) is 0 Å². The maximum Gasteiger partial charge on any atom is 0.339 e. The van der Waals surface area contributed by atoms with E-state index in [0.29, 0.717) is 15.8 Å². The zero-order valence-electron chi connectivity index (χ0n) is 12.3. The third-order valence-corrected chi connectivity index (χ3v) is 3.40. The number of pyridine rings is 1. The number of hydrogen-bond donors (Lipinski definition) is 1. The third-order valence-electron chi connectivity index (χ3n) is 2.96. The number of benzene rings is 1. The molecule has 1 heterocycles. The van der Waals surface area contributed by atoms with Gasteiger partial charge in [0.1, 0.15) is 17.1 Å². The molecule has 2 aromatic rings. The van der Waals surface area contributed by atoms with Gasteiger partial charge >= 0.3 is 5.97 Å². The molecule has 120 valence electrons. The largest absolute Gasteiger partial charge is 0.500 e. The number of aliphatic carboxylic acids is 1. The predicted molar refractivity (Wildman–Crippen MR) is 88.0 cm³/mol. The van der Waals surface area contributed by atoms with Crippen LogP contribution >= 0.6 is 23.2 Å². The Balaban J connectivity index is 2.51. The number of ether oxygens (including phenoxy) is 2. The van der Waals surface area contributed by atoms with Crippen LogP contribution in [0.4, 0.5) is 0 Å². The van der Waals surface area contributed by atoms with E-state index in [2.05, 4.69) is 4.98 Å². The van der Waals surface area contributed by atoms with E-state index in [1.807, 2.05) is 0 Å². The standard InChI is InChI=1S/C16H13Cl2NO4/c1-9(22-2)14(16(20)21)13-4-3-5-19-15(13)23-12-7-10(17)6-11(18)8-12/h3-8H,1-2H3,(H,20,21)/b14-9+. The number of aromatic nitrogens is 1. The molecule has 0 aliphatic heterocycles. The average Bonchev–Trinajstić information content (AvgIpc) is 2.47. The Kier molecular flexibility index (Phi) is 5.47. The summed E-state index contributed by atoms with van der Waals surface area (Å²) in [5.41, 5.74) is 0.249. The van der Waals surface area contributed by atoms with Crippen LogP contribution in [0.3, 0.4) is 0 Å². The molecule has 0 fully saturated rings. The lowest BCUT2D eigenvalue weighted by atomic mass is 10.1. The number of carbonyl (C=O) groups is 1. The smallest absolute Gasteiger partial charge is 0.339 e. The monoisotopic (exact) mass is 353 g/mol. The number of methoxy groups -OCH3 is 1. The summed E-state index contributed by atoms with van der Waals surface area (Å²) in [6.07, 6.45) is 1.49. The first-order valence-corrected chi connectivity index (χ1v) is 7.25. The molecule has 0 spiro atoms. The number of nitrogens with zero attached hydrogens (tertiary/aromatic N) is 1. The van der Waals surface area contributed by atoms with Gasteiger partial charge in [0.05, 0.1) is 12.7 Å². The van der Waals surface area contributed by atoms with Crippen molar-refractivity contribution in [2.75, 3.05) is 7.11 Å². The highest BCUT2D eigenvalue weighted by atomic mass is 35.5. The van der Waals surface area contributed by atoms with E-state index in [0.717, 1.165) is 0 Å². The summed E-state index contributed by atoms with van der Waals surface area (Å²) >= 11 is 11.9. The minimum Gasteiger partial charge on any atom is -0.500 e. The second-order valence-corrected chi connectivity index (χ2v) is 5.38. The number of carboxylic acid groups (broad SMARTS) is 1. The van der Waals surface area contributed by atoms with E-state index in [1.165, 1.54) is 13.3 Å². The zero-order chi connectivity index (χ0) is 17.0. The van der Waals surface area contributed by atoms with Crippen molar-refractivity contribution in [3.8, 4) is 11.6 Å². The first-order valence-electron chi connectivity index (χ1n) is 6.50. The van der Waals surface area contributed by atoms with Gasteiger partial charge in [-0.15, -0.1) is 0 Å². The maximum atomic E-state index is 11.5. The van der Waals surface area contributed by atoms with Crippen LogP contribution in [0.2, 0.25) is 10.0 Å². The van der Waals surface area contributed by atoms with Crippen molar-refractivity contribution in [1.82, 2.24) is 4.98 Å². The van der Waals surface area contributed by atoms with Crippen molar-refractivity contribution in [3.05, 3.63) is 57.9 Å². The van der Waals surface area contributed by atoms with E-state index in [9.17, 15) is 9.90 Å². The van der Waals surface area contributed by atoms with E-state index in [1.54, 1.807) is 37.3 Å². The lowest BCUT2D eigenvalue weighted by Gasteiger charge is -2.12. The van der Waals surface area contributed by atoms with Crippen LogP contribution in [0, 0.1) is 0 Å². The Hall–Kier alpha value is -2.24. The van der Waals surface area contributed by atoms with Gasteiger partial charge in [-0.1, -0.05) is 23.2 Å². The van der Waals surface area contributed by atoms with Crippen LogP contribution < -0.4 is 4.74 Å². The maximum absolute atomic E-state index is 11.5. The van der Waals surface area contributed by atoms with Crippen molar-refractivity contribution >= 4 is 34.7 Å². The SMILES string of the molecule is CO/C(C)=C(/C(=O)O)c1cccnc1Oc1cc(Cl)cc(Cl)c1. The normalized spacial score (nSPS) is 11.7. The topological polar surface area (TPSA) is 68.7 Å². The van der Waals surface area contributed by atoms with Crippen LogP contribution in [0.1, 0.15) is 12.5 Å². The molecule has 0 bridgehead atoms. The molecule has 0 amide bonds. The highest BCUT2D eigenvalue weighted by molar-refractivity contribution is 6.34. The van der Waals surface area contributed by atoms with E-state index in [4.69, 9.17) is 32.7 Å². The summed E-state index contributed by atoms with van der Waals surface area (Å²) < 4.78 is 10.7. The molecule has 23 heavy (non-hydrogen) atoms. The minimum atomic E-state index is -1.15. The Morgan fingerprint density at radius 1 is 1.22 bits per heavy atom. The molecule has 1 aromatic heterocycles. The summed E-state index contributed by atoms with van der Waals surface area (Å²) in [7, 11) is 1.39. The van der Waals surface area contributed by atoms with Gasteiger partial charge in [-0.05, 0) is 37.3 Å². The van der Waals surface area contributed by atoms with Crippen LogP contribution in [-0.4, -0.2) is 23.2 Å². The first-order chi connectivity index (χ1) is 10.9. The fourth-order valence-electron chi connectivity index (χ4n) is 1.92. The number of allylic oxidation sites excluding steroid dienone is 1. The second-order valence-electron chi connectivity index (χ2n) is 4.50. The molecule has 7 heteroatoms. The van der Waals surface area contributed by atoms with E-state index >= 15 is 0 Å². The molecule has 1 aromatic carbocycles. The number of hydrogen-bond acceptors (Lipinski definition) is 4. The van der Waals surface area contributed by atoms with Crippen molar-refractivity contribution in [3.63, 3.8) is 0 Å². The lowest BCUT2D eigenvalue weighted by molar-refractivity contribution is -0.130. The molecule has 2 rings (SSSR count). The van der Waals surface area contributed by atoms with Crippen LogP contribution in [-0.2, 0) is 9.53 Å². The number of halogens is 2. The minimum absolute atomic E-state index is 0.0382. The molecular weight excluding hydrogens is 341 g/mol. The summed E-state index contributed by atoms with van der Waals surface area (Å²) in [6.45, 7) is 1.55. The van der Waals surface area contributed by atoms with Gasteiger partial charge in [-0.25, -0.2) is 9.78 Å². The number of rotatable bonds is 5. The highest BCUT2D eigenvalue weighted by Crippen LogP contribution is 2.32. The van der Waals surface area contributed by atoms with Gasteiger partial charge in [0.25, 0.3) is 0 Å². The van der Waals surface area contributed by atoms with Gasteiger partial charge in [0, 0.05) is 16.2 Å². The van der Waals surface area contributed by atoms with Crippen molar-refractivity contribution in [1.29, 1.82) is 0 Å². The third kappa shape index (κ3) is 4.15. The van der Waals surface area contributed by atoms with Gasteiger partial charge < -0.3 is 14.6 Å². The predicted octanol–water partition coefficient (Wildman–Crippen LogP) is 4.64. The first kappa shape index (κ1) is 17.1. The molecule has 0 saturated carbocycles. The molecule has 0 aliphatic carbocycles. The molecule has 1 N–H and O–H groups in total. The highest BCUT2D eigenvalue weighted by Gasteiger charge is 2.20. The molecule has 0 radical (unpaired) electrons. The zero-order valence-corrected chi connectivity index (χ0v) is 13.9. The van der Waals surface area contributed by atoms with Crippen LogP contribution in [0.5, 0.6) is 11.6 Å². The molecule has 0 atom stereocenters. The molecular formula is C16H13Cl2NO4. The van der Waals surface area contributed by atoms with Gasteiger partial charge in [-0.3, -0.25) is 0 Å². The van der Waals surface area contributed by atoms with Crippen molar-refractivity contribution < 1.29 is 19.4 Å². The Morgan fingerprint density at radius 3 is 2.43 bits per heavy atom. The van der Waals surface area contributed by atoms with Gasteiger partial charge in [-0.2, -0.15) is 0 Å². The summed E-state index contributed by atoms with van der Waals surface area (Å²) in [5.74, 6) is -0.451. The Morgan fingerprint density at radius 2 is 1.87 bits per heavy atom. The molecule has 0 aliphatic rings. The average molecular weight is 354 g/mol. The van der Waals surface area contributed by atoms with Crippen LogP contribution in [0.15, 0.2) is 42.3 Å². The van der Waals surface area contributed by atoms with Crippen LogP contribution in [0.25, 0.3) is 5.57 Å². The Bertz CT molecular complexity index is 754. The molecule has 0 unspecified atom stereocenters. The fraction of sp³-hybridized carbons (Fsp3) is 0.125. The number of carboxylic acids is 1. The Labute approximate surface area is 143 Å². The summed E-state index contributed by atoms with van der Waals surface area (Å²) in [6, 6.07) is 7.87. The summed E-state index contributed by atoms with van der Waals surface area (Å²) in [5, 5.41) is 10.2. The molecule has 5 nitrogen and oxygen atoms in total. The second kappa shape index (κ2) is 7.35. The molecule has 0 saturated heterocycles. The summed E-state index contributed by atoms with van der Waals surface area (Å²) in [4.78, 5) is 15.6. The van der Waals surface area contributed by atoms with Gasteiger partial charge in [0.15, 0.2) is 0 Å². The lowest BCUT2D eigenvalue weighted by Crippen LogP contribution is -2.06. The van der Waals surface area contributed by atoms with E-state index < -0.39 is 5.97 Å². The van der Waals surface area contributed by atoms with Crippen molar-refractivity contribution in [2.45, 2.75) is 6.92 Å². The quantitative estimate of drug-likeness (QED) is 0.626. The fourth-order valence-corrected chi connectivity index (χ4v) is 2.43. The van der Waals surface area contributed by atoms with Gasteiger partial charge in [0.2, 0.25) is 5.88 Å². The van der Waals surface area contributed by atoms with E-state index in [-0.39, 0.29) is 22.8 Å².